The van der Waals surface area contributed by atoms with Crippen molar-refractivity contribution in [3.63, 3.8) is 0 Å². The molecule has 0 aliphatic carbocycles. The van der Waals surface area contributed by atoms with Gasteiger partial charge in [0.2, 0.25) is 0 Å². The Hall–Kier alpha value is -2.07. The van der Waals surface area contributed by atoms with Gasteiger partial charge in [0.05, 0.1) is 6.04 Å². The Morgan fingerprint density at radius 3 is 2.59 bits per heavy atom. The molecule has 2 aromatic rings. The van der Waals surface area contributed by atoms with Gasteiger partial charge in [0.15, 0.2) is 5.11 Å². The molecule has 3 nitrogen and oxygen atoms in total. The standard InChI is InChI=1S/C18H22N2OS/c1-13-9-10-14(2)17(11-13)20-18(22)19-15(3)12-21-16-7-5-4-6-8-16/h4-11,15H,12H2,1-3H3,(H2,19,20,22)/t15-/m1/s1. The van der Waals surface area contributed by atoms with Gasteiger partial charge in [-0.05, 0) is 62.3 Å². The summed E-state index contributed by atoms with van der Waals surface area (Å²) in [5, 5.41) is 7.09. The number of thiocarbonyl (C=S) groups is 1. The van der Waals surface area contributed by atoms with E-state index in [9.17, 15) is 0 Å². The second-order valence-electron chi connectivity index (χ2n) is 5.44. The molecule has 22 heavy (non-hydrogen) atoms. The molecular formula is C18H22N2OS. The van der Waals surface area contributed by atoms with Crippen LogP contribution in [-0.2, 0) is 0 Å². The lowest BCUT2D eigenvalue weighted by molar-refractivity contribution is 0.287. The fraction of sp³-hybridized carbons (Fsp3) is 0.278. The Morgan fingerprint density at radius 1 is 1.14 bits per heavy atom. The van der Waals surface area contributed by atoms with E-state index in [4.69, 9.17) is 17.0 Å². The van der Waals surface area contributed by atoms with Gasteiger partial charge in [-0.3, -0.25) is 0 Å². The van der Waals surface area contributed by atoms with Crippen LogP contribution in [-0.4, -0.2) is 17.8 Å². The summed E-state index contributed by atoms with van der Waals surface area (Å²) in [6.07, 6.45) is 0. The van der Waals surface area contributed by atoms with Gasteiger partial charge in [-0.15, -0.1) is 0 Å². The minimum absolute atomic E-state index is 0.116. The Balaban J connectivity index is 1.82. The summed E-state index contributed by atoms with van der Waals surface area (Å²) in [4.78, 5) is 0. The maximum absolute atomic E-state index is 5.71. The lowest BCUT2D eigenvalue weighted by Crippen LogP contribution is -2.39. The zero-order chi connectivity index (χ0) is 15.9. The first-order valence-electron chi connectivity index (χ1n) is 7.37. The molecule has 0 heterocycles. The van der Waals surface area contributed by atoms with Crippen LogP contribution >= 0.6 is 12.2 Å². The molecule has 1 atom stereocenters. The van der Waals surface area contributed by atoms with E-state index < -0.39 is 0 Å². The van der Waals surface area contributed by atoms with E-state index in [1.54, 1.807) is 0 Å². The third-order valence-corrected chi connectivity index (χ3v) is 3.48. The fourth-order valence-corrected chi connectivity index (χ4v) is 2.34. The number of hydrogen-bond donors (Lipinski definition) is 2. The second kappa shape index (κ2) is 7.80. The van der Waals surface area contributed by atoms with Crippen LogP contribution in [0, 0.1) is 13.8 Å². The number of rotatable bonds is 5. The average Bonchev–Trinajstić information content (AvgIpc) is 2.50. The number of ether oxygens (including phenoxy) is 1. The molecule has 0 bridgehead atoms. The van der Waals surface area contributed by atoms with Crippen LogP contribution in [0.15, 0.2) is 48.5 Å². The Kier molecular flexibility index (Phi) is 5.78. The molecule has 0 aromatic heterocycles. The molecule has 0 spiro atoms. The molecule has 4 heteroatoms. The number of aryl methyl sites for hydroxylation is 2. The molecule has 2 rings (SSSR count). The molecule has 0 aliphatic heterocycles. The van der Waals surface area contributed by atoms with Gasteiger partial charge < -0.3 is 15.4 Å². The summed E-state index contributed by atoms with van der Waals surface area (Å²) < 4.78 is 5.71. The summed E-state index contributed by atoms with van der Waals surface area (Å²) in [6.45, 7) is 6.72. The largest absolute Gasteiger partial charge is 0.491 e. The van der Waals surface area contributed by atoms with Gasteiger partial charge in [0.25, 0.3) is 0 Å². The SMILES string of the molecule is Cc1ccc(C)c(NC(=S)N[C@H](C)COc2ccccc2)c1. The number of anilines is 1. The van der Waals surface area contributed by atoms with Crippen molar-refractivity contribution in [3.8, 4) is 5.75 Å². The van der Waals surface area contributed by atoms with Gasteiger partial charge in [-0.1, -0.05) is 30.3 Å². The molecule has 0 saturated carbocycles. The molecule has 0 aliphatic rings. The highest BCUT2D eigenvalue weighted by Gasteiger charge is 2.07. The van der Waals surface area contributed by atoms with Crippen molar-refractivity contribution in [1.29, 1.82) is 0 Å². The maximum atomic E-state index is 5.71. The van der Waals surface area contributed by atoms with Crippen LogP contribution < -0.4 is 15.4 Å². The number of benzene rings is 2. The van der Waals surface area contributed by atoms with Gasteiger partial charge in [-0.2, -0.15) is 0 Å². The average molecular weight is 314 g/mol. The van der Waals surface area contributed by atoms with Crippen LogP contribution in [0.2, 0.25) is 0 Å². The summed E-state index contributed by atoms with van der Waals surface area (Å²) in [7, 11) is 0. The van der Waals surface area contributed by atoms with Gasteiger partial charge in [0, 0.05) is 5.69 Å². The zero-order valence-electron chi connectivity index (χ0n) is 13.2. The van der Waals surface area contributed by atoms with E-state index >= 15 is 0 Å². The predicted molar refractivity (Wildman–Crippen MR) is 96.7 cm³/mol. The molecule has 2 aromatic carbocycles. The van der Waals surface area contributed by atoms with E-state index in [0.29, 0.717) is 11.7 Å². The van der Waals surface area contributed by atoms with Crippen molar-refractivity contribution in [2.45, 2.75) is 26.8 Å². The van der Waals surface area contributed by atoms with Crippen LogP contribution in [0.1, 0.15) is 18.1 Å². The quantitative estimate of drug-likeness (QED) is 0.816. The number of hydrogen-bond acceptors (Lipinski definition) is 2. The lowest BCUT2D eigenvalue weighted by atomic mass is 10.1. The lowest BCUT2D eigenvalue weighted by Gasteiger charge is -2.18. The Morgan fingerprint density at radius 2 is 1.86 bits per heavy atom. The van der Waals surface area contributed by atoms with Gasteiger partial charge in [0.1, 0.15) is 12.4 Å². The molecule has 0 fully saturated rings. The normalized spacial score (nSPS) is 11.6. The summed E-state index contributed by atoms with van der Waals surface area (Å²) in [6, 6.07) is 16.2. The predicted octanol–water partition coefficient (Wildman–Crippen LogP) is 4.06. The second-order valence-corrected chi connectivity index (χ2v) is 5.85. The van der Waals surface area contributed by atoms with E-state index in [1.807, 2.05) is 37.3 Å². The molecule has 0 radical (unpaired) electrons. The van der Waals surface area contributed by atoms with E-state index in [1.165, 1.54) is 11.1 Å². The first-order chi connectivity index (χ1) is 10.5. The first-order valence-corrected chi connectivity index (χ1v) is 7.78. The molecule has 0 amide bonds. The minimum atomic E-state index is 0.116. The Labute approximate surface area is 137 Å². The van der Waals surface area contributed by atoms with Gasteiger partial charge >= 0.3 is 0 Å². The molecule has 2 N–H and O–H groups in total. The zero-order valence-corrected chi connectivity index (χ0v) is 14.0. The van der Waals surface area contributed by atoms with Crippen molar-refractivity contribution < 1.29 is 4.74 Å². The highest BCUT2D eigenvalue weighted by molar-refractivity contribution is 7.80. The van der Waals surface area contributed by atoms with Gasteiger partial charge in [-0.25, -0.2) is 0 Å². The first kappa shape index (κ1) is 16.3. The number of nitrogens with one attached hydrogen (secondary N) is 2. The van der Waals surface area contributed by atoms with Crippen molar-refractivity contribution in [1.82, 2.24) is 5.32 Å². The van der Waals surface area contributed by atoms with Crippen molar-refractivity contribution in [2.75, 3.05) is 11.9 Å². The smallest absolute Gasteiger partial charge is 0.171 e. The van der Waals surface area contributed by atoms with Crippen molar-refractivity contribution in [2.24, 2.45) is 0 Å². The molecule has 0 unspecified atom stereocenters. The summed E-state index contributed by atoms with van der Waals surface area (Å²) in [5.41, 5.74) is 3.41. The highest BCUT2D eigenvalue weighted by Crippen LogP contribution is 2.16. The topological polar surface area (TPSA) is 33.3 Å². The van der Waals surface area contributed by atoms with E-state index in [-0.39, 0.29) is 6.04 Å². The van der Waals surface area contributed by atoms with Crippen LogP contribution in [0.25, 0.3) is 0 Å². The number of para-hydroxylation sites is 1. The molecule has 0 saturated heterocycles. The molecular weight excluding hydrogens is 292 g/mol. The molecule has 116 valence electrons. The third-order valence-electron chi connectivity index (χ3n) is 3.26. The maximum Gasteiger partial charge on any atom is 0.171 e. The van der Waals surface area contributed by atoms with E-state index in [2.05, 4.69) is 42.7 Å². The van der Waals surface area contributed by atoms with Crippen LogP contribution in [0.4, 0.5) is 5.69 Å². The van der Waals surface area contributed by atoms with Crippen molar-refractivity contribution in [3.05, 3.63) is 59.7 Å². The fourth-order valence-electron chi connectivity index (χ4n) is 2.03. The highest BCUT2D eigenvalue weighted by atomic mass is 32.1. The monoisotopic (exact) mass is 314 g/mol. The Bertz CT molecular complexity index is 628. The third kappa shape index (κ3) is 5.04. The van der Waals surface area contributed by atoms with Crippen molar-refractivity contribution >= 4 is 23.0 Å². The summed E-state index contributed by atoms with van der Waals surface area (Å²) >= 11 is 5.37. The van der Waals surface area contributed by atoms with Crippen LogP contribution in [0.3, 0.4) is 0 Å². The summed E-state index contributed by atoms with van der Waals surface area (Å²) in [5.74, 6) is 0.865. The van der Waals surface area contributed by atoms with E-state index in [0.717, 1.165) is 11.4 Å². The minimum Gasteiger partial charge on any atom is -0.491 e. The van der Waals surface area contributed by atoms with Crippen LogP contribution in [0.5, 0.6) is 5.75 Å².